The van der Waals surface area contributed by atoms with Crippen molar-refractivity contribution < 1.29 is 8.42 Å². The third kappa shape index (κ3) is 6.50. The van der Waals surface area contributed by atoms with Gasteiger partial charge >= 0.3 is 0 Å². The molecule has 2 aromatic heterocycles. The van der Waals surface area contributed by atoms with Gasteiger partial charge in [0.15, 0.2) is 0 Å². The summed E-state index contributed by atoms with van der Waals surface area (Å²) in [6.45, 7) is 3.81. The fourth-order valence-corrected chi connectivity index (χ4v) is 3.93. The predicted molar refractivity (Wildman–Crippen MR) is 122 cm³/mol. The van der Waals surface area contributed by atoms with Gasteiger partial charge in [-0.25, -0.2) is 23.1 Å². The van der Waals surface area contributed by atoms with E-state index in [2.05, 4.69) is 43.3 Å². The lowest BCUT2D eigenvalue weighted by molar-refractivity contribution is 0.570. The van der Waals surface area contributed by atoms with Crippen molar-refractivity contribution in [1.29, 1.82) is 5.26 Å². The number of nitrogens with one attached hydrogen (secondary N) is 3. The summed E-state index contributed by atoms with van der Waals surface area (Å²) in [4.78, 5) is 12.6. The van der Waals surface area contributed by atoms with Crippen molar-refractivity contribution in [2.24, 2.45) is 0 Å². The molecule has 0 fully saturated rings. The smallest absolute Gasteiger partial charge is 0.240 e. The third-order valence-electron chi connectivity index (χ3n) is 4.60. The summed E-state index contributed by atoms with van der Waals surface area (Å²) in [5.41, 5.74) is 1.00. The normalized spacial score (nSPS) is 11.1. The summed E-state index contributed by atoms with van der Waals surface area (Å²) >= 11 is 0. The second kappa shape index (κ2) is 11.2. The number of hydrogen-bond donors (Lipinski definition) is 3. The molecule has 3 aromatic rings. The zero-order chi connectivity index (χ0) is 22.8. The van der Waals surface area contributed by atoms with Gasteiger partial charge in [0, 0.05) is 37.7 Å². The van der Waals surface area contributed by atoms with Crippen LogP contribution >= 0.6 is 0 Å². The number of hydrogen-bond acceptors (Lipinski definition) is 8. The number of nitrogens with zero attached hydrogens (tertiary/aromatic N) is 5. The van der Waals surface area contributed by atoms with E-state index in [4.69, 9.17) is 0 Å². The van der Waals surface area contributed by atoms with E-state index in [1.165, 1.54) is 18.3 Å². The molecule has 0 spiro atoms. The lowest BCUT2D eigenvalue weighted by Crippen LogP contribution is -2.25. The standard InChI is InChI=1S/C21H26N8O2S/c1-2-3-9-24-20-17(14-22)15-25-21(28-20)27-18-5-7-19(8-6-18)32(30,31)26-10-4-12-29-13-11-23-16-29/h5-8,11,13,15-16,26H,2-4,9-10,12H2,1H3,(H2,24,25,27,28). The van der Waals surface area contributed by atoms with E-state index >= 15 is 0 Å². The summed E-state index contributed by atoms with van der Waals surface area (Å²) in [6.07, 6.45) is 9.32. The first-order valence-electron chi connectivity index (χ1n) is 10.4. The van der Waals surface area contributed by atoms with E-state index in [0.717, 1.165) is 12.8 Å². The molecule has 0 saturated heterocycles. The van der Waals surface area contributed by atoms with Crippen LogP contribution in [-0.2, 0) is 16.6 Å². The van der Waals surface area contributed by atoms with Crippen LogP contribution in [0, 0.1) is 11.3 Å². The van der Waals surface area contributed by atoms with Crippen LogP contribution in [-0.4, -0.2) is 41.0 Å². The minimum Gasteiger partial charge on any atom is -0.369 e. The monoisotopic (exact) mass is 454 g/mol. The molecule has 10 nitrogen and oxygen atoms in total. The molecule has 0 aliphatic rings. The highest BCUT2D eigenvalue weighted by Gasteiger charge is 2.13. The number of aryl methyl sites for hydroxylation is 1. The molecule has 32 heavy (non-hydrogen) atoms. The molecule has 2 heterocycles. The molecule has 0 aliphatic heterocycles. The molecule has 0 saturated carbocycles. The van der Waals surface area contributed by atoms with Gasteiger partial charge in [-0.05, 0) is 37.1 Å². The number of sulfonamides is 1. The Hall–Kier alpha value is -3.49. The molecule has 1 aromatic carbocycles. The molecule has 0 aliphatic carbocycles. The van der Waals surface area contributed by atoms with Gasteiger partial charge < -0.3 is 15.2 Å². The Morgan fingerprint density at radius 2 is 1.97 bits per heavy atom. The quantitative estimate of drug-likeness (QED) is 0.355. The maximum atomic E-state index is 12.5. The molecule has 0 amide bonds. The zero-order valence-electron chi connectivity index (χ0n) is 17.8. The first-order valence-corrected chi connectivity index (χ1v) is 11.8. The Labute approximate surface area is 187 Å². The van der Waals surface area contributed by atoms with E-state index in [1.54, 1.807) is 24.7 Å². The van der Waals surface area contributed by atoms with Crippen molar-refractivity contribution in [3.05, 3.63) is 54.7 Å². The molecule has 0 atom stereocenters. The molecule has 168 valence electrons. The maximum absolute atomic E-state index is 12.5. The predicted octanol–water partition coefficient (Wildman–Crippen LogP) is 2.87. The van der Waals surface area contributed by atoms with E-state index in [-0.39, 0.29) is 4.90 Å². The summed E-state index contributed by atoms with van der Waals surface area (Å²) in [6, 6.07) is 8.40. The highest BCUT2D eigenvalue weighted by atomic mass is 32.2. The Morgan fingerprint density at radius 3 is 2.66 bits per heavy atom. The molecule has 11 heteroatoms. The molecule has 0 bridgehead atoms. The summed E-state index contributed by atoms with van der Waals surface area (Å²) < 4.78 is 29.5. The Kier molecular flexibility index (Phi) is 8.13. The van der Waals surface area contributed by atoms with Crippen molar-refractivity contribution in [2.45, 2.75) is 37.6 Å². The Morgan fingerprint density at radius 1 is 1.16 bits per heavy atom. The van der Waals surface area contributed by atoms with Crippen LogP contribution in [0.4, 0.5) is 17.5 Å². The average molecular weight is 455 g/mol. The van der Waals surface area contributed by atoms with Crippen molar-refractivity contribution >= 4 is 27.5 Å². The van der Waals surface area contributed by atoms with E-state index in [1.807, 2.05) is 10.8 Å². The van der Waals surface area contributed by atoms with Crippen LogP contribution in [0.25, 0.3) is 0 Å². The SMILES string of the molecule is CCCCNc1nc(Nc2ccc(S(=O)(=O)NCCCn3ccnc3)cc2)ncc1C#N. The van der Waals surface area contributed by atoms with Gasteiger partial charge in [0.1, 0.15) is 17.5 Å². The highest BCUT2D eigenvalue weighted by Crippen LogP contribution is 2.19. The topological polar surface area (TPSA) is 138 Å². The van der Waals surface area contributed by atoms with E-state index in [0.29, 0.717) is 49.1 Å². The van der Waals surface area contributed by atoms with Crippen molar-refractivity contribution in [3.63, 3.8) is 0 Å². The molecule has 0 radical (unpaired) electrons. The Bertz CT molecular complexity index is 1140. The van der Waals surface area contributed by atoms with Gasteiger partial charge in [-0.15, -0.1) is 0 Å². The number of aromatic nitrogens is 4. The lowest BCUT2D eigenvalue weighted by atomic mass is 10.3. The molecule has 3 rings (SSSR count). The van der Waals surface area contributed by atoms with Gasteiger partial charge in [0.05, 0.1) is 17.4 Å². The van der Waals surface area contributed by atoms with E-state index in [9.17, 15) is 13.7 Å². The minimum absolute atomic E-state index is 0.174. The van der Waals surface area contributed by atoms with Crippen molar-refractivity contribution in [2.75, 3.05) is 23.7 Å². The first kappa shape index (κ1) is 23.2. The number of nitriles is 1. The number of rotatable bonds is 12. The van der Waals surface area contributed by atoms with Crippen LogP contribution in [0.5, 0.6) is 0 Å². The molecule has 0 unspecified atom stereocenters. The Balaban J connectivity index is 1.58. The van der Waals surface area contributed by atoms with E-state index < -0.39 is 10.0 Å². The third-order valence-corrected chi connectivity index (χ3v) is 6.07. The average Bonchev–Trinajstić information content (AvgIpc) is 3.31. The second-order valence-electron chi connectivity index (χ2n) is 7.05. The van der Waals surface area contributed by atoms with Gasteiger partial charge in [0.2, 0.25) is 16.0 Å². The van der Waals surface area contributed by atoms with Crippen molar-refractivity contribution in [3.8, 4) is 6.07 Å². The van der Waals surface area contributed by atoms with Crippen LogP contribution < -0.4 is 15.4 Å². The number of imidazole rings is 1. The maximum Gasteiger partial charge on any atom is 0.240 e. The zero-order valence-corrected chi connectivity index (χ0v) is 18.6. The van der Waals surface area contributed by atoms with Crippen LogP contribution in [0.1, 0.15) is 31.7 Å². The van der Waals surface area contributed by atoms with Crippen LogP contribution in [0.3, 0.4) is 0 Å². The van der Waals surface area contributed by atoms with Gasteiger partial charge in [0.25, 0.3) is 0 Å². The van der Waals surface area contributed by atoms with Crippen molar-refractivity contribution in [1.82, 2.24) is 24.2 Å². The summed E-state index contributed by atoms with van der Waals surface area (Å²) in [7, 11) is -3.60. The fourth-order valence-electron chi connectivity index (χ4n) is 2.86. The van der Waals surface area contributed by atoms with Gasteiger partial charge in [-0.3, -0.25) is 0 Å². The number of unbranched alkanes of at least 4 members (excludes halogenated alkanes) is 1. The lowest BCUT2D eigenvalue weighted by Gasteiger charge is -2.11. The highest BCUT2D eigenvalue weighted by molar-refractivity contribution is 7.89. The summed E-state index contributed by atoms with van der Waals surface area (Å²) in [5.74, 6) is 0.786. The number of anilines is 3. The first-order chi connectivity index (χ1) is 15.5. The molecule has 3 N–H and O–H groups in total. The number of benzene rings is 1. The van der Waals surface area contributed by atoms with Gasteiger partial charge in [-0.2, -0.15) is 10.2 Å². The molecular formula is C21H26N8O2S. The van der Waals surface area contributed by atoms with Crippen LogP contribution in [0.15, 0.2) is 54.1 Å². The fraction of sp³-hybridized carbons (Fsp3) is 0.333. The molecular weight excluding hydrogens is 428 g/mol. The van der Waals surface area contributed by atoms with Crippen LogP contribution in [0.2, 0.25) is 0 Å². The minimum atomic E-state index is -3.60. The second-order valence-corrected chi connectivity index (χ2v) is 8.82. The largest absolute Gasteiger partial charge is 0.369 e. The summed E-state index contributed by atoms with van der Waals surface area (Å²) in [5, 5.41) is 15.4. The van der Waals surface area contributed by atoms with Gasteiger partial charge in [-0.1, -0.05) is 13.3 Å².